The summed E-state index contributed by atoms with van der Waals surface area (Å²) < 4.78 is 10.6. The summed E-state index contributed by atoms with van der Waals surface area (Å²) >= 11 is 0. The first-order valence-electron chi connectivity index (χ1n) is 9.83. The second-order valence-corrected chi connectivity index (χ2v) is 7.51. The monoisotopic (exact) mass is 396 g/mol. The summed E-state index contributed by atoms with van der Waals surface area (Å²) in [4.78, 5) is 27.4. The highest BCUT2D eigenvalue weighted by atomic mass is 16.5. The van der Waals surface area contributed by atoms with E-state index in [2.05, 4.69) is 5.32 Å². The fourth-order valence-corrected chi connectivity index (χ4v) is 3.78. The van der Waals surface area contributed by atoms with Gasteiger partial charge in [-0.2, -0.15) is 0 Å². The van der Waals surface area contributed by atoms with Gasteiger partial charge < -0.3 is 19.7 Å². The van der Waals surface area contributed by atoms with E-state index in [9.17, 15) is 9.59 Å². The maximum atomic E-state index is 12.9. The minimum Gasteiger partial charge on any atom is -0.493 e. The van der Waals surface area contributed by atoms with Crippen molar-refractivity contribution in [1.29, 1.82) is 0 Å². The highest BCUT2D eigenvalue weighted by Crippen LogP contribution is 2.28. The van der Waals surface area contributed by atoms with Crippen LogP contribution < -0.4 is 14.8 Å². The third-order valence-electron chi connectivity index (χ3n) is 5.25. The summed E-state index contributed by atoms with van der Waals surface area (Å²) in [6.07, 6.45) is 0.658. The van der Waals surface area contributed by atoms with Crippen LogP contribution in [0.3, 0.4) is 0 Å². The van der Waals surface area contributed by atoms with Crippen LogP contribution >= 0.6 is 0 Å². The zero-order valence-electron chi connectivity index (χ0n) is 17.4. The van der Waals surface area contributed by atoms with Crippen LogP contribution in [-0.2, 0) is 17.8 Å². The Kier molecular flexibility index (Phi) is 6.42. The van der Waals surface area contributed by atoms with E-state index in [1.165, 1.54) is 0 Å². The van der Waals surface area contributed by atoms with Crippen molar-refractivity contribution in [2.75, 3.05) is 20.8 Å². The van der Waals surface area contributed by atoms with Gasteiger partial charge in [-0.05, 0) is 41.7 Å². The number of ether oxygens (including phenoxy) is 2. The molecule has 0 aliphatic carbocycles. The lowest BCUT2D eigenvalue weighted by atomic mass is 10.0. The third kappa shape index (κ3) is 4.36. The first-order chi connectivity index (χ1) is 14.0. The van der Waals surface area contributed by atoms with Crippen molar-refractivity contribution < 1.29 is 19.1 Å². The van der Waals surface area contributed by atoms with Crippen LogP contribution in [0.5, 0.6) is 11.5 Å². The number of hydrogen-bond donors (Lipinski definition) is 1. The van der Waals surface area contributed by atoms with Gasteiger partial charge in [0, 0.05) is 18.7 Å². The average molecular weight is 396 g/mol. The molecule has 0 radical (unpaired) electrons. The summed E-state index contributed by atoms with van der Waals surface area (Å²) in [6.45, 7) is 4.89. The lowest BCUT2D eigenvalue weighted by Crippen LogP contribution is -2.50. The van der Waals surface area contributed by atoms with E-state index < -0.39 is 6.04 Å². The van der Waals surface area contributed by atoms with E-state index in [1.54, 1.807) is 19.1 Å². The topological polar surface area (TPSA) is 67.9 Å². The Bertz CT molecular complexity index is 894. The summed E-state index contributed by atoms with van der Waals surface area (Å²) in [5.74, 6) is 1.15. The molecule has 29 heavy (non-hydrogen) atoms. The number of amides is 2. The molecule has 6 heteroatoms. The minimum absolute atomic E-state index is 0.00865. The number of methoxy groups -OCH3 is 2. The highest BCUT2D eigenvalue weighted by Gasteiger charge is 2.37. The molecule has 0 bridgehead atoms. The molecule has 0 fully saturated rings. The zero-order chi connectivity index (χ0) is 21.0. The molecule has 3 rings (SSSR count). The molecule has 2 amide bonds. The first-order valence-corrected chi connectivity index (χ1v) is 9.83. The summed E-state index contributed by atoms with van der Waals surface area (Å²) in [7, 11) is 3.20. The Morgan fingerprint density at radius 3 is 2.48 bits per heavy atom. The van der Waals surface area contributed by atoms with Gasteiger partial charge in [0.25, 0.3) is 5.91 Å². The Hall–Kier alpha value is -3.02. The number of fused-ring (bicyclic) bond motifs is 1. The normalized spacial score (nSPS) is 14.0. The molecule has 0 spiro atoms. The molecule has 2 aromatic carbocycles. The quantitative estimate of drug-likeness (QED) is 0.745. The third-order valence-corrected chi connectivity index (χ3v) is 5.25. The Morgan fingerprint density at radius 1 is 1.10 bits per heavy atom. The van der Waals surface area contributed by atoms with E-state index in [0.29, 0.717) is 36.6 Å². The van der Waals surface area contributed by atoms with Crippen LogP contribution in [0.15, 0.2) is 42.5 Å². The smallest absolute Gasteiger partial charge is 0.255 e. The van der Waals surface area contributed by atoms with Crippen LogP contribution in [0.4, 0.5) is 0 Å². The molecule has 6 nitrogen and oxygen atoms in total. The van der Waals surface area contributed by atoms with Gasteiger partial charge in [-0.15, -0.1) is 0 Å². The number of carbonyl (C=O) groups is 2. The van der Waals surface area contributed by atoms with E-state index in [0.717, 1.165) is 11.1 Å². The number of nitrogens with one attached hydrogen (secondary N) is 1. The molecule has 154 valence electrons. The zero-order valence-corrected chi connectivity index (χ0v) is 17.4. The molecule has 0 saturated carbocycles. The van der Waals surface area contributed by atoms with Gasteiger partial charge in [0.2, 0.25) is 5.91 Å². The van der Waals surface area contributed by atoms with Crippen molar-refractivity contribution in [2.24, 2.45) is 5.92 Å². The molecule has 0 saturated heterocycles. The number of carbonyl (C=O) groups excluding carboxylic acids is 2. The second-order valence-electron chi connectivity index (χ2n) is 7.51. The van der Waals surface area contributed by atoms with Crippen LogP contribution in [0.2, 0.25) is 0 Å². The van der Waals surface area contributed by atoms with Crippen molar-refractivity contribution >= 4 is 11.8 Å². The largest absolute Gasteiger partial charge is 0.493 e. The van der Waals surface area contributed by atoms with Crippen molar-refractivity contribution in [1.82, 2.24) is 10.2 Å². The van der Waals surface area contributed by atoms with E-state index in [4.69, 9.17) is 9.47 Å². The lowest BCUT2D eigenvalue weighted by molar-refractivity contribution is -0.127. The molecule has 1 aliphatic rings. The van der Waals surface area contributed by atoms with Crippen molar-refractivity contribution in [3.8, 4) is 11.5 Å². The van der Waals surface area contributed by atoms with Crippen LogP contribution in [-0.4, -0.2) is 43.5 Å². The summed E-state index contributed by atoms with van der Waals surface area (Å²) in [5, 5.41) is 3.00. The molecule has 1 heterocycles. The van der Waals surface area contributed by atoms with E-state index in [-0.39, 0.29) is 17.7 Å². The molecule has 0 aromatic heterocycles. The molecule has 0 unspecified atom stereocenters. The molecule has 1 N–H and O–H groups in total. The standard InChI is InChI=1S/C23H28N2O4/c1-15(2)21(25-14-17-7-5-6-8-18(17)23(25)27)22(26)24-12-11-16-9-10-19(28-3)20(13-16)29-4/h5-10,13,15,21H,11-12,14H2,1-4H3,(H,24,26)/t21-/m1/s1. The average Bonchev–Trinajstić information content (AvgIpc) is 3.04. The fraction of sp³-hybridized carbons (Fsp3) is 0.391. The lowest BCUT2D eigenvalue weighted by Gasteiger charge is -2.30. The number of benzene rings is 2. The fourth-order valence-electron chi connectivity index (χ4n) is 3.78. The van der Waals surface area contributed by atoms with Gasteiger partial charge in [0.05, 0.1) is 14.2 Å². The predicted molar refractivity (Wildman–Crippen MR) is 111 cm³/mol. The van der Waals surface area contributed by atoms with Gasteiger partial charge in [0.15, 0.2) is 11.5 Å². The molecule has 1 aliphatic heterocycles. The Balaban J connectivity index is 1.63. The maximum absolute atomic E-state index is 12.9. The number of hydrogen-bond acceptors (Lipinski definition) is 4. The molecule has 2 aromatic rings. The Labute approximate surface area is 171 Å². The molecular weight excluding hydrogens is 368 g/mol. The van der Waals surface area contributed by atoms with E-state index in [1.807, 2.05) is 56.3 Å². The summed E-state index contributed by atoms with van der Waals surface area (Å²) in [6, 6.07) is 12.8. The van der Waals surface area contributed by atoms with Gasteiger partial charge in [0.1, 0.15) is 6.04 Å². The molecular formula is C23H28N2O4. The minimum atomic E-state index is -0.500. The maximum Gasteiger partial charge on any atom is 0.255 e. The van der Waals surface area contributed by atoms with Crippen LogP contribution in [0.1, 0.15) is 35.3 Å². The van der Waals surface area contributed by atoms with Crippen LogP contribution in [0, 0.1) is 5.92 Å². The van der Waals surface area contributed by atoms with Gasteiger partial charge in [-0.3, -0.25) is 9.59 Å². The van der Waals surface area contributed by atoms with Gasteiger partial charge >= 0.3 is 0 Å². The van der Waals surface area contributed by atoms with Crippen molar-refractivity contribution in [3.63, 3.8) is 0 Å². The summed E-state index contributed by atoms with van der Waals surface area (Å²) in [5.41, 5.74) is 2.70. The highest BCUT2D eigenvalue weighted by molar-refractivity contribution is 6.01. The van der Waals surface area contributed by atoms with Gasteiger partial charge in [-0.25, -0.2) is 0 Å². The number of nitrogens with zero attached hydrogens (tertiary/aromatic N) is 1. The van der Waals surface area contributed by atoms with Crippen molar-refractivity contribution in [2.45, 2.75) is 32.9 Å². The van der Waals surface area contributed by atoms with Gasteiger partial charge in [-0.1, -0.05) is 38.1 Å². The van der Waals surface area contributed by atoms with Crippen molar-refractivity contribution in [3.05, 3.63) is 59.2 Å². The SMILES string of the molecule is COc1ccc(CCNC(=O)[C@@H](C(C)C)N2Cc3ccccc3C2=O)cc1OC. The van der Waals surface area contributed by atoms with Crippen LogP contribution in [0.25, 0.3) is 0 Å². The second kappa shape index (κ2) is 8.99. The molecule has 1 atom stereocenters. The number of rotatable bonds is 8. The predicted octanol–water partition coefficient (Wildman–Crippen LogP) is 3.04. The van der Waals surface area contributed by atoms with E-state index >= 15 is 0 Å². The Morgan fingerprint density at radius 2 is 1.83 bits per heavy atom. The first kappa shape index (κ1) is 20.7.